The summed E-state index contributed by atoms with van der Waals surface area (Å²) in [7, 11) is 0. The lowest BCUT2D eigenvalue weighted by atomic mass is 10.0. The Morgan fingerprint density at radius 1 is 0.778 bits per heavy atom. The Morgan fingerprint density at radius 2 is 1.17 bits per heavy atom. The molecule has 0 amide bonds. The highest BCUT2D eigenvalue weighted by Crippen LogP contribution is 2.09. The summed E-state index contributed by atoms with van der Waals surface area (Å²) in [5.74, 6) is 0. The van der Waals surface area contributed by atoms with Gasteiger partial charge in [0.1, 0.15) is 0 Å². The minimum absolute atomic E-state index is 0.546. The van der Waals surface area contributed by atoms with Crippen molar-refractivity contribution in [1.82, 2.24) is 0 Å². The third-order valence-corrected chi connectivity index (χ3v) is 2.60. The normalized spacial score (nSPS) is 9.33. The number of azide groups is 2. The second-order valence-corrected chi connectivity index (χ2v) is 3.93. The van der Waals surface area contributed by atoms with Crippen molar-refractivity contribution >= 4 is 0 Å². The van der Waals surface area contributed by atoms with Crippen LogP contribution in [0, 0.1) is 0 Å². The SMILES string of the molecule is [N-]=[N+]=NCCCc1ccc(CCCN=[N+]=[N-])cc1. The van der Waals surface area contributed by atoms with Gasteiger partial charge in [-0.1, -0.05) is 34.5 Å². The first-order valence-corrected chi connectivity index (χ1v) is 5.96. The van der Waals surface area contributed by atoms with Gasteiger partial charge < -0.3 is 0 Å². The van der Waals surface area contributed by atoms with Crippen LogP contribution in [0.25, 0.3) is 20.9 Å². The number of benzene rings is 1. The Labute approximate surface area is 106 Å². The van der Waals surface area contributed by atoms with Gasteiger partial charge in [0.2, 0.25) is 0 Å². The first-order chi connectivity index (χ1) is 8.86. The summed E-state index contributed by atoms with van der Waals surface area (Å²) in [4.78, 5) is 5.44. The van der Waals surface area contributed by atoms with Gasteiger partial charge in [-0.15, -0.1) is 0 Å². The molecule has 0 aliphatic carbocycles. The Hall–Kier alpha value is -2.16. The molecule has 1 rings (SSSR count). The monoisotopic (exact) mass is 244 g/mol. The van der Waals surface area contributed by atoms with Crippen molar-refractivity contribution in [3.63, 3.8) is 0 Å². The van der Waals surface area contributed by atoms with E-state index in [0.717, 1.165) is 25.7 Å². The fourth-order valence-electron chi connectivity index (χ4n) is 1.67. The summed E-state index contributed by atoms with van der Waals surface area (Å²) < 4.78 is 0. The quantitative estimate of drug-likeness (QED) is 0.284. The highest BCUT2D eigenvalue weighted by Gasteiger charge is 1.95. The molecule has 0 radical (unpaired) electrons. The molecule has 94 valence electrons. The van der Waals surface area contributed by atoms with Crippen LogP contribution in [0.1, 0.15) is 24.0 Å². The topological polar surface area (TPSA) is 97.5 Å². The average molecular weight is 244 g/mol. The summed E-state index contributed by atoms with van der Waals surface area (Å²) in [5.41, 5.74) is 18.8. The lowest BCUT2D eigenvalue weighted by Crippen LogP contribution is -1.91. The van der Waals surface area contributed by atoms with Gasteiger partial charge in [0, 0.05) is 22.9 Å². The summed E-state index contributed by atoms with van der Waals surface area (Å²) in [6.45, 7) is 1.09. The Balaban J connectivity index is 2.32. The second kappa shape index (κ2) is 8.93. The van der Waals surface area contributed by atoms with Crippen LogP contribution in [0.4, 0.5) is 0 Å². The molecule has 0 N–H and O–H groups in total. The average Bonchev–Trinajstić information content (AvgIpc) is 2.41. The van der Waals surface area contributed by atoms with Crippen LogP contribution in [-0.2, 0) is 12.8 Å². The lowest BCUT2D eigenvalue weighted by Gasteiger charge is -2.02. The Bertz CT molecular complexity index is 397. The number of hydrogen-bond acceptors (Lipinski definition) is 2. The standard InChI is InChI=1S/C12H16N6/c13-17-15-9-1-3-11-5-7-12(8-6-11)4-2-10-16-18-14/h5-8H,1-4,9-10H2. The molecular weight excluding hydrogens is 228 g/mol. The van der Waals surface area contributed by atoms with E-state index in [1.54, 1.807) is 0 Å². The van der Waals surface area contributed by atoms with E-state index in [4.69, 9.17) is 11.1 Å². The number of rotatable bonds is 8. The summed E-state index contributed by atoms with van der Waals surface area (Å²) in [5, 5.41) is 7.01. The van der Waals surface area contributed by atoms with E-state index in [1.165, 1.54) is 11.1 Å². The van der Waals surface area contributed by atoms with Gasteiger partial charge in [0.05, 0.1) is 0 Å². The van der Waals surface area contributed by atoms with E-state index in [-0.39, 0.29) is 0 Å². The van der Waals surface area contributed by atoms with Crippen LogP contribution in [0.5, 0.6) is 0 Å². The smallest absolute Gasteiger partial charge is 0.0261 e. The van der Waals surface area contributed by atoms with Gasteiger partial charge in [-0.3, -0.25) is 0 Å². The van der Waals surface area contributed by atoms with Crippen LogP contribution in [0.3, 0.4) is 0 Å². The second-order valence-electron chi connectivity index (χ2n) is 3.93. The first-order valence-electron chi connectivity index (χ1n) is 5.96. The molecule has 6 nitrogen and oxygen atoms in total. The largest absolute Gasteiger partial charge is 0.0940 e. The van der Waals surface area contributed by atoms with E-state index in [9.17, 15) is 0 Å². The summed E-state index contributed by atoms with van der Waals surface area (Å²) in [6.07, 6.45) is 3.61. The number of aryl methyl sites for hydroxylation is 2. The van der Waals surface area contributed by atoms with Gasteiger partial charge in [0.15, 0.2) is 0 Å². The van der Waals surface area contributed by atoms with Crippen molar-refractivity contribution in [3.05, 3.63) is 56.3 Å². The van der Waals surface area contributed by atoms with Crippen molar-refractivity contribution in [3.8, 4) is 0 Å². The van der Waals surface area contributed by atoms with E-state index in [0.29, 0.717) is 13.1 Å². The van der Waals surface area contributed by atoms with Crippen molar-refractivity contribution < 1.29 is 0 Å². The lowest BCUT2D eigenvalue weighted by molar-refractivity contribution is 0.817. The molecule has 0 heterocycles. The van der Waals surface area contributed by atoms with Crippen molar-refractivity contribution in [2.45, 2.75) is 25.7 Å². The molecule has 0 aliphatic rings. The fourth-order valence-corrected chi connectivity index (χ4v) is 1.67. The first kappa shape index (κ1) is 13.9. The van der Waals surface area contributed by atoms with Crippen LogP contribution in [0.2, 0.25) is 0 Å². The van der Waals surface area contributed by atoms with Crippen LogP contribution in [0.15, 0.2) is 34.5 Å². The molecule has 6 heteroatoms. The van der Waals surface area contributed by atoms with Gasteiger partial charge >= 0.3 is 0 Å². The van der Waals surface area contributed by atoms with Gasteiger partial charge in [-0.05, 0) is 47.9 Å². The predicted molar refractivity (Wildman–Crippen MR) is 71.1 cm³/mol. The van der Waals surface area contributed by atoms with E-state index < -0.39 is 0 Å². The molecule has 0 aliphatic heterocycles. The molecule has 0 bridgehead atoms. The van der Waals surface area contributed by atoms with Crippen LogP contribution < -0.4 is 0 Å². The Kier molecular flexibility index (Phi) is 6.90. The van der Waals surface area contributed by atoms with Gasteiger partial charge in [-0.2, -0.15) is 0 Å². The predicted octanol–water partition coefficient (Wildman–Crippen LogP) is 4.17. The third-order valence-electron chi connectivity index (χ3n) is 2.60. The molecule has 1 aromatic rings. The van der Waals surface area contributed by atoms with Gasteiger partial charge in [0.25, 0.3) is 0 Å². The molecule has 0 unspecified atom stereocenters. The molecule has 0 spiro atoms. The molecule has 0 saturated carbocycles. The third kappa shape index (κ3) is 5.80. The Morgan fingerprint density at radius 3 is 1.50 bits per heavy atom. The zero-order valence-electron chi connectivity index (χ0n) is 10.2. The molecule has 0 saturated heterocycles. The summed E-state index contributed by atoms with van der Waals surface area (Å²) in [6, 6.07) is 8.38. The minimum Gasteiger partial charge on any atom is -0.0940 e. The van der Waals surface area contributed by atoms with Crippen LogP contribution >= 0.6 is 0 Å². The number of hydrogen-bond donors (Lipinski definition) is 0. The molecule has 0 aromatic heterocycles. The highest BCUT2D eigenvalue weighted by molar-refractivity contribution is 5.22. The molecule has 1 aromatic carbocycles. The minimum atomic E-state index is 0.546. The highest BCUT2D eigenvalue weighted by atomic mass is 15.1. The summed E-state index contributed by atoms with van der Waals surface area (Å²) >= 11 is 0. The number of nitrogens with zero attached hydrogens (tertiary/aromatic N) is 6. The van der Waals surface area contributed by atoms with E-state index >= 15 is 0 Å². The van der Waals surface area contributed by atoms with Crippen LogP contribution in [-0.4, -0.2) is 13.1 Å². The van der Waals surface area contributed by atoms with E-state index in [2.05, 4.69) is 44.3 Å². The zero-order chi connectivity index (χ0) is 13.1. The molecule has 18 heavy (non-hydrogen) atoms. The fraction of sp³-hybridized carbons (Fsp3) is 0.500. The van der Waals surface area contributed by atoms with Gasteiger partial charge in [-0.25, -0.2) is 0 Å². The van der Waals surface area contributed by atoms with Crippen molar-refractivity contribution in [2.24, 2.45) is 10.2 Å². The van der Waals surface area contributed by atoms with E-state index in [1.807, 2.05) is 0 Å². The maximum absolute atomic E-state index is 8.15. The molecule has 0 atom stereocenters. The molecule has 0 fully saturated rings. The molecular formula is C12H16N6. The van der Waals surface area contributed by atoms with Crippen molar-refractivity contribution in [1.29, 1.82) is 0 Å². The maximum atomic E-state index is 8.15. The zero-order valence-corrected chi connectivity index (χ0v) is 10.2. The maximum Gasteiger partial charge on any atom is 0.0261 e. The van der Waals surface area contributed by atoms with Crippen molar-refractivity contribution in [2.75, 3.05) is 13.1 Å².